The van der Waals surface area contributed by atoms with E-state index in [0.29, 0.717) is 41.5 Å². The van der Waals surface area contributed by atoms with Gasteiger partial charge in [0.1, 0.15) is 11.5 Å². The van der Waals surface area contributed by atoms with Crippen molar-refractivity contribution >= 4 is 11.5 Å². The molecule has 1 aromatic heterocycles. The van der Waals surface area contributed by atoms with Crippen LogP contribution >= 0.6 is 0 Å². The van der Waals surface area contributed by atoms with E-state index < -0.39 is 0 Å². The summed E-state index contributed by atoms with van der Waals surface area (Å²) < 4.78 is 6.41. The molecule has 0 amide bonds. The quantitative estimate of drug-likeness (QED) is 0.373. The van der Waals surface area contributed by atoms with E-state index in [1.807, 2.05) is 24.5 Å². The van der Waals surface area contributed by atoms with Crippen LogP contribution in [0.5, 0.6) is 5.75 Å². The van der Waals surface area contributed by atoms with Crippen molar-refractivity contribution in [1.29, 1.82) is 0 Å². The van der Waals surface area contributed by atoms with Gasteiger partial charge in [0.15, 0.2) is 0 Å². The Balaban J connectivity index is 1.12. The molecule has 4 aliphatic rings. The Bertz CT molecular complexity index is 1150. The average molecular weight is 531 g/mol. The van der Waals surface area contributed by atoms with Gasteiger partial charge in [-0.05, 0) is 117 Å². The van der Waals surface area contributed by atoms with Gasteiger partial charge in [-0.1, -0.05) is 26.0 Å². The number of ether oxygens (including phenoxy) is 1. The number of hydrogen-bond acceptors (Lipinski definition) is 5. The topological polar surface area (TPSA) is 71.5 Å². The van der Waals surface area contributed by atoms with E-state index in [9.17, 15) is 9.90 Å². The molecule has 8 atom stereocenters. The molecule has 1 heterocycles. The molecule has 6 unspecified atom stereocenters. The number of aromatic nitrogens is 1. The molecule has 0 bridgehead atoms. The molecule has 39 heavy (non-hydrogen) atoms. The number of pyridine rings is 1. The van der Waals surface area contributed by atoms with Crippen LogP contribution in [0.15, 0.2) is 48.8 Å². The number of Topliss-reactive ketones (excluding diaryl/α,β-unsaturated/α-hetero) is 1. The number of nitrogens with zero attached hydrogens (tertiary/aromatic N) is 1. The molecule has 0 spiro atoms. The van der Waals surface area contributed by atoms with E-state index in [-0.39, 0.29) is 17.6 Å². The number of ketones is 1. The predicted molar refractivity (Wildman–Crippen MR) is 155 cm³/mol. The zero-order valence-corrected chi connectivity index (χ0v) is 23.8. The van der Waals surface area contributed by atoms with E-state index in [2.05, 4.69) is 48.4 Å². The van der Waals surface area contributed by atoms with Gasteiger partial charge < -0.3 is 15.2 Å². The summed E-state index contributed by atoms with van der Waals surface area (Å²) in [5, 5.41) is 15.0. The molecule has 6 rings (SSSR count). The maximum absolute atomic E-state index is 12.2. The highest BCUT2D eigenvalue weighted by molar-refractivity contribution is 5.79. The lowest BCUT2D eigenvalue weighted by Crippen LogP contribution is -2.55. The Labute approximate surface area is 234 Å². The number of rotatable bonds is 8. The van der Waals surface area contributed by atoms with Crippen molar-refractivity contribution in [3.8, 4) is 5.75 Å². The van der Waals surface area contributed by atoms with Crippen molar-refractivity contribution in [3.05, 3.63) is 54.4 Å². The van der Waals surface area contributed by atoms with Gasteiger partial charge in [0.25, 0.3) is 0 Å². The summed E-state index contributed by atoms with van der Waals surface area (Å²) in [5.41, 5.74) is 2.59. The normalized spacial score (nSPS) is 36.4. The Morgan fingerprint density at radius 3 is 2.74 bits per heavy atom. The van der Waals surface area contributed by atoms with Gasteiger partial charge in [-0.25, -0.2) is 0 Å². The summed E-state index contributed by atoms with van der Waals surface area (Å²) in [6, 6.07) is 12.7. The van der Waals surface area contributed by atoms with Crippen LogP contribution in [-0.4, -0.2) is 28.6 Å². The van der Waals surface area contributed by atoms with Crippen molar-refractivity contribution in [2.75, 3.05) is 11.9 Å². The maximum Gasteiger partial charge on any atom is 0.133 e. The summed E-state index contributed by atoms with van der Waals surface area (Å²) in [6.07, 6.45) is 14.8. The molecule has 0 saturated heterocycles. The van der Waals surface area contributed by atoms with Crippen LogP contribution in [0.1, 0.15) is 96.1 Å². The Kier molecular flexibility index (Phi) is 7.47. The number of anilines is 1. The first-order valence-electron chi connectivity index (χ1n) is 15.5. The first-order chi connectivity index (χ1) is 18.9. The number of hydrogen-bond donors (Lipinski definition) is 2. The summed E-state index contributed by atoms with van der Waals surface area (Å²) in [6.45, 7) is 5.35. The molecule has 0 radical (unpaired) electrons. The number of aliphatic hydroxyl groups is 1. The summed E-state index contributed by atoms with van der Waals surface area (Å²) in [7, 11) is 0. The number of carbonyl (C=O) groups is 1. The molecule has 5 nitrogen and oxygen atoms in total. The summed E-state index contributed by atoms with van der Waals surface area (Å²) >= 11 is 0. The maximum atomic E-state index is 12.2. The zero-order valence-electron chi connectivity index (χ0n) is 23.8. The Morgan fingerprint density at radius 1 is 1.08 bits per heavy atom. The van der Waals surface area contributed by atoms with Gasteiger partial charge in [-0.15, -0.1) is 0 Å². The Morgan fingerprint density at radius 2 is 1.92 bits per heavy atom. The van der Waals surface area contributed by atoms with Crippen LogP contribution in [0.2, 0.25) is 0 Å². The molecular weight excluding hydrogens is 484 g/mol. The van der Waals surface area contributed by atoms with Crippen LogP contribution in [0.25, 0.3) is 0 Å². The standard InChI is InChI=1S/C34H46N2O3/c1-3-31(36-25-13-18-35-19-14-25)23-5-4-6-27(21-23)39-20-17-34-16-12-29-28(30(34)9-10-32(34)38)8-7-24-22-26(37)11-15-33(24,29)2/h4-6,13-14,18-19,21,24,28-32,38H,3,7-12,15-17,20,22H2,1-2H3,(H,35,36)/t24?,28?,29?,30?,31?,32?,33-,34+/m0/s1. The molecule has 2 N–H and O–H groups in total. The van der Waals surface area contributed by atoms with Gasteiger partial charge in [-0.3, -0.25) is 9.78 Å². The zero-order chi connectivity index (χ0) is 27.0. The summed E-state index contributed by atoms with van der Waals surface area (Å²) in [4.78, 5) is 16.4. The fraction of sp³-hybridized carbons (Fsp3) is 0.647. The van der Waals surface area contributed by atoms with Crippen LogP contribution in [0.4, 0.5) is 5.69 Å². The number of aliphatic hydroxyl groups excluding tert-OH is 1. The van der Waals surface area contributed by atoms with Crippen molar-refractivity contribution in [2.24, 2.45) is 34.5 Å². The van der Waals surface area contributed by atoms with Crippen molar-refractivity contribution in [2.45, 2.75) is 96.6 Å². The SMILES string of the molecule is CCC(Nc1ccncc1)c1cccc(OCC[C@]23CCC4C(CCC5CC(=O)CC[C@@]54C)C2CCC3O)c1. The number of carbonyl (C=O) groups excluding carboxylic acids is 1. The van der Waals surface area contributed by atoms with E-state index in [1.54, 1.807) is 0 Å². The van der Waals surface area contributed by atoms with Crippen molar-refractivity contribution in [3.63, 3.8) is 0 Å². The van der Waals surface area contributed by atoms with E-state index in [4.69, 9.17) is 4.74 Å². The van der Waals surface area contributed by atoms with Gasteiger partial charge >= 0.3 is 0 Å². The second kappa shape index (κ2) is 10.9. The molecule has 1 aromatic carbocycles. The largest absolute Gasteiger partial charge is 0.494 e. The molecule has 2 aromatic rings. The minimum Gasteiger partial charge on any atom is -0.494 e. The molecule has 5 heteroatoms. The van der Waals surface area contributed by atoms with Crippen LogP contribution < -0.4 is 10.1 Å². The van der Waals surface area contributed by atoms with Crippen LogP contribution in [0, 0.1) is 34.5 Å². The first kappa shape index (κ1) is 26.8. The molecule has 210 valence electrons. The summed E-state index contributed by atoms with van der Waals surface area (Å²) in [5.74, 6) is 3.97. The third-order valence-corrected chi connectivity index (χ3v) is 11.7. The predicted octanol–water partition coefficient (Wildman–Crippen LogP) is 7.37. The van der Waals surface area contributed by atoms with E-state index >= 15 is 0 Å². The lowest BCUT2D eigenvalue weighted by Gasteiger charge is -2.60. The fourth-order valence-corrected chi connectivity index (χ4v) is 9.56. The highest BCUT2D eigenvalue weighted by Gasteiger charge is 2.61. The monoisotopic (exact) mass is 530 g/mol. The minimum absolute atomic E-state index is 0.0126. The van der Waals surface area contributed by atoms with Crippen molar-refractivity contribution < 1.29 is 14.6 Å². The van der Waals surface area contributed by atoms with E-state index in [1.165, 1.54) is 24.8 Å². The minimum atomic E-state index is -0.217. The second-order valence-electron chi connectivity index (χ2n) is 13.3. The fourth-order valence-electron chi connectivity index (χ4n) is 9.56. The number of fused-ring (bicyclic) bond motifs is 5. The Hall–Kier alpha value is -2.40. The highest BCUT2D eigenvalue weighted by Crippen LogP contribution is 2.66. The van der Waals surface area contributed by atoms with Crippen LogP contribution in [-0.2, 0) is 4.79 Å². The van der Waals surface area contributed by atoms with Gasteiger partial charge in [0.2, 0.25) is 0 Å². The molecule has 4 fully saturated rings. The molecule has 4 aliphatic carbocycles. The third-order valence-electron chi connectivity index (χ3n) is 11.7. The molecule has 0 aliphatic heterocycles. The van der Waals surface area contributed by atoms with Gasteiger partial charge in [0, 0.05) is 36.3 Å². The first-order valence-corrected chi connectivity index (χ1v) is 15.5. The molecular formula is C34H46N2O3. The second-order valence-corrected chi connectivity index (χ2v) is 13.3. The highest BCUT2D eigenvalue weighted by atomic mass is 16.5. The van der Waals surface area contributed by atoms with Crippen LogP contribution in [0.3, 0.4) is 0 Å². The van der Waals surface area contributed by atoms with Crippen molar-refractivity contribution in [1.82, 2.24) is 4.98 Å². The van der Waals surface area contributed by atoms with Gasteiger partial charge in [-0.2, -0.15) is 0 Å². The average Bonchev–Trinajstić information content (AvgIpc) is 3.29. The number of benzene rings is 1. The number of nitrogens with one attached hydrogen (secondary N) is 1. The molecule has 4 saturated carbocycles. The lowest BCUT2D eigenvalue weighted by molar-refractivity contribution is -0.145. The third kappa shape index (κ3) is 4.90. The van der Waals surface area contributed by atoms with Gasteiger partial charge in [0.05, 0.1) is 18.8 Å². The lowest BCUT2D eigenvalue weighted by atomic mass is 9.44. The smallest absolute Gasteiger partial charge is 0.133 e. The van der Waals surface area contributed by atoms with E-state index in [0.717, 1.165) is 62.8 Å².